The first-order valence-corrected chi connectivity index (χ1v) is 6.32. The molecule has 0 aliphatic carbocycles. The van der Waals surface area contributed by atoms with Gasteiger partial charge in [-0.25, -0.2) is 0 Å². The fraction of sp³-hybridized carbons (Fsp3) is 0.455. The molecule has 1 heterocycles. The Labute approximate surface area is 100 Å². The van der Waals surface area contributed by atoms with Crippen molar-refractivity contribution >= 4 is 23.4 Å². The van der Waals surface area contributed by atoms with Crippen LogP contribution in [0, 0.1) is 0 Å². The number of halogens is 1. The van der Waals surface area contributed by atoms with Crippen LogP contribution in [0.4, 0.5) is 0 Å². The molecular weight excluding hydrogens is 230 g/mol. The fourth-order valence-corrected chi connectivity index (χ4v) is 2.10. The van der Waals surface area contributed by atoms with Crippen LogP contribution in [-0.4, -0.2) is 18.3 Å². The molecule has 0 spiro atoms. The first kappa shape index (κ1) is 12.7. The minimum absolute atomic E-state index is 0.461. The Kier molecular flexibility index (Phi) is 5.91. The van der Waals surface area contributed by atoms with Crippen LogP contribution in [0.2, 0.25) is 5.22 Å². The van der Waals surface area contributed by atoms with Crippen molar-refractivity contribution in [3.63, 3.8) is 0 Å². The average molecular weight is 246 g/mol. The summed E-state index contributed by atoms with van der Waals surface area (Å²) in [7, 11) is 0. The molecule has 1 atom stereocenters. The third-order valence-corrected chi connectivity index (χ3v) is 3.25. The topological polar surface area (TPSA) is 25.2 Å². The first-order valence-electron chi connectivity index (χ1n) is 4.90. The minimum atomic E-state index is 0.461. The SMILES string of the molecule is C=CCNCC(C)SCc1ccc(Cl)o1. The van der Waals surface area contributed by atoms with E-state index >= 15 is 0 Å². The molecule has 1 rings (SSSR count). The third-order valence-electron chi connectivity index (χ3n) is 1.86. The number of furan rings is 1. The number of hydrogen-bond acceptors (Lipinski definition) is 3. The van der Waals surface area contributed by atoms with E-state index in [1.54, 1.807) is 6.07 Å². The molecule has 1 unspecified atom stereocenters. The molecule has 1 aromatic rings. The predicted octanol–water partition coefficient (Wildman–Crippen LogP) is 3.33. The van der Waals surface area contributed by atoms with Gasteiger partial charge in [-0.1, -0.05) is 13.0 Å². The number of thioether (sulfide) groups is 1. The Hall–Kier alpha value is -0.380. The van der Waals surface area contributed by atoms with Crippen LogP contribution in [-0.2, 0) is 5.75 Å². The molecule has 0 saturated carbocycles. The lowest BCUT2D eigenvalue weighted by Crippen LogP contribution is -2.22. The van der Waals surface area contributed by atoms with E-state index in [4.69, 9.17) is 16.0 Å². The molecule has 0 radical (unpaired) electrons. The van der Waals surface area contributed by atoms with Crippen LogP contribution in [0.3, 0.4) is 0 Å². The molecule has 84 valence electrons. The second-order valence-corrected chi connectivity index (χ2v) is 5.07. The molecule has 1 aromatic heterocycles. The Balaban J connectivity index is 2.16. The summed E-state index contributed by atoms with van der Waals surface area (Å²) in [4.78, 5) is 0. The quantitative estimate of drug-likeness (QED) is 0.589. The Bertz CT molecular complexity index is 301. The van der Waals surface area contributed by atoms with Crippen LogP contribution in [0.15, 0.2) is 29.2 Å². The number of rotatable bonds is 7. The highest BCUT2D eigenvalue weighted by Gasteiger charge is 2.04. The van der Waals surface area contributed by atoms with Crippen molar-refractivity contribution in [3.05, 3.63) is 35.8 Å². The monoisotopic (exact) mass is 245 g/mol. The van der Waals surface area contributed by atoms with Gasteiger partial charge in [0, 0.05) is 18.3 Å². The molecule has 0 fully saturated rings. The molecule has 4 heteroatoms. The zero-order valence-corrected chi connectivity index (χ0v) is 10.4. The van der Waals surface area contributed by atoms with Crippen LogP contribution in [0.25, 0.3) is 0 Å². The standard InChI is InChI=1S/C11H16ClNOS/c1-3-6-13-7-9(2)15-8-10-4-5-11(12)14-10/h3-5,9,13H,1,6-8H2,2H3. The number of hydrogen-bond donors (Lipinski definition) is 1. The smallest absolute Gasteiger partial charge is 0.193 e. The van der Waals surface area contributed by atoms with E-state index in [2.05, 4.69) is 18.8 Å². The van der Waals surface area contributed by atoms with Crippen molar-refractivity contribution < 1.29 is 4.42 Å². The van der Waals surface area contributed by atoms with Gasteiger partial charge in [0.1, 0.15) is 5.76 Å². The Morgan fingerprint density at radius 1 is 1.67 bits per heavy atom. The van der Waals surface area contributed by atoms with Crippen LogP contribution < -0.4 is 5.32 Å². The number of nitrogens with one attached hydrogen (secondary N) is 1. The first-order chi connectivity index (χ1) is 7.22. The predicted molar refractivity (Wildman–Crippen MR) is 67.5 cm³/mol. The minimum Gasteiger partial charge on any atom is -0.449 e. The molecule has 1 N–H and O–H groups in total. The van der Waals surface area contributed by atoms with Crippen molar-refractivity contribution in [2.24, 2.45) is 0 Å². The summed E-state index contributed by atoms with van der Waals surface area (Å²) in [6.07, 6.45) is 1.86. The summed E-state index contributed by atoms with van der Waals surface area (Å²) in [5, 5.41) is 4.29. The lowest BCUT2D eigenvalue weighted by Gasteiger charge is -2.10. The van der Waals surface area contributed by atoms with E-state index in [9.17, 15) is 0 Å². The van der Waals surface area contributed by atoms with E-state index in [0.29, 0.717) is 10.5 Å². The van der Waals surface area contributed by atoms with E-state index in [-0.39, 0.29) is 0 Å². The maximum atomic E-state index is 5.68. The molecule has 0 bridgehead atoms. The maximum Gasteiger partial charge on any atom is 0.193 e. The molecule has 2 nitrogen and oxygen atoms in total. The van der Waals surface area contributed by atoms with Crippen molar-refractivity contribution in [2.75, 3.05) is 13.1 Å². The highest BCUT2D eigenvalue weighted by atomic mass is 35.5. The summed E-state index contributed by atoms with van der Waals surface area (Å²) >= 11 is 7.52. The molecule has 0 amide bonds. The average Bonchev–Trinajstić information content (AvgIpc) is 2.62. The van der Waals surface area contributed by atoms with Gasteiger partial charge in [-0.05, 0) is 23.7 Å². The van der Waals surface area contributed by atoms with Crippen LogP contribution >= 0.6 is 23.4 Å². The van der Waals surface area contributed by atoms with Gasteiger partial charge in [0.05, 0.1) is 5.75 Å². The second kappa shape index (κ2) is 6.99. The van der Waals surface area contributed by atoms with Crippen molar-refractivity contribution in [2.45, 2.75) is 17.9 Å². The van der Waals surface area contributed by atoms with E-state index in [1.165, 1.54) is 0 Å². The van der Waals surface area contributed by atoms with Gasteiger partial charge < -0.3 is 9.73 Å². The Morgan fingerprint density at radius 3 is 3.07 bits per heavy atom. The summed E-state index contributed by atoms with van der Waals surface area (Å²) in [5.74, 6) is 1.80. The van der Waals surface area contributed by atoms with E-state index < -0.39 is 0 Å². The lowest BCUT2D eigenvalue weighted by molar-refractivity contribution is 0.532. The molecular formula is C11H16ClNOS. The Morgan fingerprint density at radius 2 is 2.47 bits per heavy atom. The highest BCUT2D eigenvalue weighted by molar-refractivity contribution is 7.99. The van der Waals surface area contributed by atoms with Gasteiger partial charge in [-0.15, -0.1) is 18.3 Å². The summed E-state index contributed by atoms with van der Waals surface area (Å²) < 4.78 is 5.27. The zero-order chi connectivity index (χ0) is 11.1. The maximum absolute atomic E-state index is 5.68. The van der Waals surface area contributed by atoms with Gasteiger partial charge in [-0.3, -0.25) is 0 Å². The van der Waals surface area contributed by atoms with Gasteiger partial charge in [0.25, 0.3) is 0 Å². The summed E-state index contributed by atoms with van der Waals surface area (Å²) in [5.41, 5.74) is 0. The lowest BCUT2D eigenvalue weighted by atomic mass is 10.4. The van der Waals surface area contributed by atoms with Crippen molar-refractivity contribution in [1.29, 1.82) is 0 Å². The summed E-state index contributed by atoms with van der Waals surface area (Å²) in [6, 6.07) is 3.69. The van der Waals surface area contributed by atoms with Crippen LogP contribution in [0.5, 0.6) is 0 Å². The molecule has 15 heavy (non-hydrogen) atoms. The van der Waals surface area contributed by atoms with Gasteiger partial charge in [0.15, 0.2) is 5.22 Å². The molecule has 0 aromatic carbocycles. The van der Waals surface area contributed by atoms with E-state index in [1.807, 2.05) is 23.9 Å². The van der Waals surface area contributed by atoms with Gasteiger partial charge in [0.2, 0.25) is 0 Å². The van der Waals surface area contributed by atoms with E-state index in [0.717, 1.165) is 24.6 Å². The second-order valence-electron chi connectivity index (χ2n) is 3.27. The third kappa shape index (κ3) is 5.30. The molecule has 0 saturated heterocycles. The van der Waals surface area contributed by atoms with Crippen molar-refractivity contribution in [3.8, 4) is 0 Å². The van der Waals surface area contributed by atoms with Gasteiger partial charge >= 0.3 is 0 Å². The largest absolute Gasteiger partial charge is 0.449 e. The van der Waals surface area contributed by atoms with Crippen LogP contribution in [0.1, 0.15) is 12.7 Å². The van der Waals surface area contributed by atoms with Gasteiger partial charge in [-0.2, -0.15) is 0 Å². The van der Waals surface area contributed by atoms with Crippen molar-refractivity contribution in [1.82, 2.24) is 5.32 Å². The highest BCUT2D eigenvalue weighted by Crippen LogP contribution is 2.21. The molecule has 0 aliphatic heterocycles. The molecule has 0 aliphatic rings. The fourth-order valence-electron chi connectivity index (χ4n) is 1.10. The zero-order valence-electron chi connectivity index (χ0n) is 8.83. The summed E-state index contributed by atoms with van der Waals surface area (Å²) in [6.45, 7) is 7.68. The normalized spacial score (nSPS) is 12.7.